The first-order valence-electron chi connectivity index (χ1n) is 7.76. The van der Waals surface area contributed by atoms with Crippen LogP contribution in [-0.4, -0.2) is 35.8 Å². The molecule has 3 rings (SSSR count). The third-order valence-electron chi connectivity index (χ3n) is 3.65. The van der Waals surface area contributed by atoms with Crippen LogP contribution in [0.1, 0.15) is 28.5 Å². The second kappa shape index (κ2) is 7.76. The largest absolute Gasteiger partial charge is 0.490 e. The standard InChI is InChI=1S/C17H19N3O4/c21-17(22)12-2-1-3-13(10-12)23-8-9-24-14-4-5-15(18-11-14)16-6-7-19-20-16/h1-5,10-11,16,19-20H,6-9H2,(H,21,22). The number of aromatic nitrogens is 1. The molecule has 126 valence electrons. The molecule has 0 radical (unpaired) electrons. The maximum absolute atomic E-state index is 10.9. The van der Waals surface area contributed by atoms with Crippen molar-refractivity contribution in [2.45, 2.75) is 12.5 Å². The Balaban J connectivity index is 1.44. The fraction of sp³-hybridized carbons (Fsp3) is 0.294. The highest BCUT2D eigenvalue weighted by Crippen LogP contribution is 2.19. The first-order chi connectivity index (χ1) is 11.7. The summed E-state index contributed by atoms with van der Waals surface area (Å²) in [5, 5.41) is 8.93. The minimum absolute atomic E-state index is 0.197. The van der Waals surface area contributed by atoms with Crippen molar-refractivity contribution in [1.29, 1.82) is 0 Å². The molecule has 1 unspecified atom stereocenters. The van der Waals surface area contributed by atoms with E-state index < -0.39 is 5.97 Å². The number of aromatic carboxylic acids is 1. The molecule has 2 aromatic rings. The molecule has 0 spiro atoms. The number of nitrogens with one attached hydrogen (secondary N) is 2. The molecule has 24 heavy (non-hydrogen) atoms. The maximum atomic E-state index is 10.9. The highest BCUT2D eigenvalue weighted by Gasteiger charge is 2.16. The van der Waals surface area contributed by atoms with Gasteiger partial charge in [-0.2, -0.15) is 0 Å². The zero-order valence-electron chi connectivity index (χ0n) is 13.1. The molecule has 0 amide bonds. The third-order valence-corrected chi connectivity index (χ3v) is 3.65. The summed E-state index contributed by atoms with van der Waals surface area (Å²) in [6.07, 6.45) is 2.71. The van der Waals surface area contributed by atoms with Crippen molar-refractivity contribution in [3.05, 3.63) is 53.9 Å². The van der Waals surface area contributed by atoms with Crippen LogP contribution in [0.3, 0.4) is 0 Å². The Labute approximate surface area is 139 Å². The zero-order valence-corrected chi connectivity index (χ0v) is 13.1. The first kappa shape index (κ1) is 16.2. The predicted molar refractivity (Wildman–Crippen MR) is 87.1 cm³/mol. The van der Waals surface area contributed by atoms with Crippen LogP contribution in [0, 0.1) is 0 Å². The van der Waals surface area contributed by atoms with E-state index in [1.807, 2.05) is 12.1 Å². The molecule has 0 aliphatic carbocycles. The molecule has 0 bridgehead atoms. The van der Waals surface area contributed by atoms with Gasteiger partial charge in [-0.15, -0.1) is 0 Å². The summed E-state index contributed by atoms with van der Waals surface area (Å²) in [4.78, 5) is 15.3. The fourth-order valence-electron chi connectivity index (χ4n) is 2.43. The molecule has 1 aromatic heterocycles. The number of benzene rings is 1. The minimum Gasteiger partial charge on any atom is -0.490 e. The van der Waals surface area contributed by atoms with E-state index in [9.17, 15) is 4.79 Å². The summed E-state index contributed by atoms with van der Waals surface area (Å²) in [6.45, 7) is 1.60. The van der Waals surface area contributed by atoms with Gasteiger partial charge in [0.25, 0.3) is 0 Å². The number of pyridine rings is 1. The van der Waals surface area contributed by atoms with Crippen molar-refractivity contribution >= 4 is 5.97 Å². The van der Waals surface area contributed by atoms with Crippen LogP contribution in [0.5, 0.6) is 11.5 Å². The van der Waals surface area contributed by atoms with Crippen LogP contribution in [0.2, 0.25) is 0 Å². The van der Waals surface area contributed by atoms with Crippen molar-refractivity contribution in [3.63, 3.8) is 0 Å². The second-order valence-corrected chi connectivity index (χ2v) is 5.36. The number of carboxylic acids is 1. The van der Waals surface area contributed by atoms with Gasteiger partial charge in [-0.3, -0.25) is 10.4 Å². The van der Waals surface area contributed by atoms with Crippen LogP contribution in [0.4, 0.5) is 0 Å². The van der Waals surface area contributed by atoms with Gasteiger partial charge in [-0.1, -0.05) is 6.07 Å². The van der Waals surface area contributed by atoms with Gasteiger partial charge in [0.05, 0.1) is 23.5 Å². The van der Waals surface area contributed by atoms with Crippen LogP contribution in [-0.2, 0) is 0 Å². The van der Waals surface area contributed by atoms with E-state index in [1.165, 1.54) is 12.1 Å². The molecular formula is C17H19N3O4. The molecule has 1 aliphatic heterocycles. The van der Waals surface area contributed by atoms with E-state index in [0.717, 1.165) is 18.7 Å². The number of carbonyl (C=O) groups is 1. The lowest BCUT2D eigenvalue weighted by Crippen LogP contribution is -2.25. The molecule has 7 nitrogen and oxygen atoms in total. The van der Waals surface area contributed by atoms with Crippen molar-refractivity contribution in [2.75, 3.05) is 19.8 Å². The van der Waals surface area contributed by atoms with Crippen LogP contribution >= 0.6 is 0 Å². The summed E-state index contributed by atoms with van der Waals surface area (Å²) in [5.41, 5.74) is 7.42. The number of ether oxygens (including phenoxy) is 2. The third kappa shape index (κ3) is 4.21. The number of nitrogens with zero attached hydrogens (tertiary/aromatic N) is 1. The number of hydrogen-bond donors (Lipinski definition) is 3. The van der Waals surface area contributed by atoms with Gasteiger partial charge in [0.15, 0.2) is 0 Å². The lowest BCUT2D eigenvalue weighted by atomic mass is 10.1. The Kier molecular flexibility index (Phi) is 5.25. The number of hydrogen-bond acceptors (Lipinski definition) is 6. The Morgan fingerprint density at radius 2 is 2.04 bits per heavy atom. The Morgan fingerprint density at radius 3 is 2.71 bits per heavy atom. The molecule has 1 saturated heterocycles. The SMILES string of the molecule is O=C(O)c1cccc(OCCOc2ccc(C3CCNN3)nc2)c1. The summed E-state index contributed by atoms with van der Waals surface area (Å²) < 4.78 is 11.1. The smallest absolute Gasteiger partial charge is 0.335 e. The number of carboxylic acid groups (broad SMARTS) is 1. The average molecular weight is 329 g/mol. The summed E-state index contributed by atoms with van der Waals surface area (Å²) in [7, 11) is 0. The van der Waals surface area contributed by atoms with Gasteiger partial charge in [-0.25, -0.2) is 10.2 Å². The van der Waals surface area contributed by atoms with Gasteiger partial charge in [0.2, 0.25) is 0 Å². The first-order valence-corrected chi connectivity index (χ1v) is 7.76. The zero-order chi connectivity index (χ0) is 16.8. The highest BCUT2D eigenvalue weighted by atomic mass is 16.5. The maximum Gasteiger partial charge on any atom is 0.335 e. The van der Waals surface area contributed by atoms with E-state index in [-0.39, 0.29) is 11.6 Å². The topological polar surface area (TPSA) is 92.7 Å². The molecule has 1 aliphatic rings. The molecule has 2 heterocycles. The quantitative estimate of drug-likeness (QED) is 0.667. The summed E-state index contributed by atoms with van der Waals surface area (Å²) >= 11 is 0. The number of rotatable bonds is 7. The van der Waals surface area contributed by atoms with Crippen molar-refractivity contribution in [2.24, 2.45) is 0 Å². The molecule has 1 aromatic carbocycles. The fourth-order valence-corrected chi connectivity index (χ4v) is 2.43. The van der Waals surface area contributed by atoms with Gasteiger partial charge in [0, 0.05) is 6.54 Å². The average Bonchev–Trinajstić information content (AvgIpc) is 3.14. The Bertz CT molecular complexity index is 684. The van der Waals surface area contributed by atoms with E-state index in [1.54, 1.807) is 18.3 Å². The molecule has 1 atom stereocenters. The van der Waals surface area contributed by atoms with E-state index >= 15 is 0 Å². The van der Waals surface area contributed by atoms with Gasteiger partial charge in [0.1, 0.15) is 24.7 Å². The molecule has 7 heteroatoms. The predicted octanol–water partition coefficient (Wildman–Crippen LogP) is 1.78. The Morgan fingerprint density at radius 1 is 1.21 bits per heavy atom. The second-order valence-electron chi connectivity index (χ2n) is 5.36. The van der Waals surface area contributed by atoms with Crippen molar-refractivity contribution in [1.82, 2.24) is 15.8 Å². The van der Waals surface area contributed by atoms with Crippen LogP contribution in [0.15, 0.2) is 42.6 Å². The van der Waals surface area contributed by atoms with E-state index in [4.69, 9.17) is 14.6 Å². The molecular weight excluding hydrogens is 310 g/mol. The molecule has 0 saturated carbocycles. The monoisotopic (exact) mass is 329 g/mol. The van der Waals surface area contributed by atoms with Crippen molar-refractivity contribution < 1.29 is 19.4 Å². The highest BCUT2D eigenvalue weighted by molar-refractivity contribution is 5.87. The normalized spacial score (nSPS) is 16.8. The summed E-state index contributed by atoms with van der Waals surface area (Å²) in [5.74, 6) is 0.203. The number of hydrazine groups is 1. The van der Waals surface area contributed by atoms with E-state index in [2.05, 4.69) is 15.8 Å². The lowest BCUT2D eigenvalue weighted by Gasteiger charge is -2.11. The molecule has 3 N–H and O–H groups in total. The van der Waals surface area contributed by atoms with E-state index in [0.29, 0.717) is 24.7 Å². The molecule has 1 fully saturated rings. The van der Waals surface area contributed by atoms with Crippen molar-refractivity contribution in [3.8, 4) is 11.5 Å². The van der Waals surface area contributed by atoms with Gasteiger partial charge in [-0.05, 0) is 36.8 Å². The lowest BCUT2D eigenvalue weighted by molar-refractivity contribution is 0.0696. The van der Waals surface area contributed by atoms with Gasteiger partial charge >= 0.3 is 5.97 Å². The van der Waals surface area contributed by atoms with Crippen LogP contribution in [0.25, 0.3) is 0 Å². The summed E-state index contributed by atoms with van der Waals surface area (Å²) in [6, 6.07) is 10.4. The Hall–Kier alpha value is -2.64. The van der Waals surface area contributed by atoms with Gasteiger partial charge < -0.3 is 14.6 Å². The van der Waals surface area contributed by atoms with Crippen LogP contribution < -0.4 is 20.3 Å². The minimum atomic E-state index is -0.977.